The summed E-state index contributed by atoms with van der Waals surface area (Å²) in [5.74, 6) is 1.46. The maximum atomic E-state index is 12.7. The van der Waals surface area contributed by atoms with Crippen LogP contribution in [0.3, 0.4) is 0 Å². The number of carbonyl (C=O) groups excluding carboxylic acids is 1. The van der Waals surface area contributed by atoms with Crippen LogP contribution < -0.4 is 4.74 Å². The summed E-state index contributed by atoms with van der Waals surface area (Å²) in [5, 5.41) is 1.96. The van der Waals surface area contributed by atoms with Gasteiger partial charge >= 0.3 is 0 Å². The topological polar surface area (TPSA) is 48.9 Å². The molecule has 2 aliphatic heterocycles. The Morgan fingerprint density at radius 2 is 1.71 bits per heavy atom. The number of thiophene rings is 1. The average Bonchev–Trinajstić information content (AvgIpc) is 3.45. The molecule has 1 aromatic carbocycles. The SMILES string of the molecule is O=C(c1cccs1)N1CCC[C@H](COc2ccc(CN3CCN(Cc4cccnc4)CC3)cc2)C1. The monoisotopic (exact) mass is 490 g/mol. The lowest BCUT2D eigenvalue weighted by atomic mass is 9.99. The molecule has 0 bridgehead atoms. The van der Waals surface area contributed by atoms with Gasteiger partial charge in [-0.15, -0.1) is 11.3 Å². The molecule has 7 heteroatoms. The summed E-state index contributed by atoms with van der Waals surface area (Å²) in [6, 6.07) is 16.6. The van der Waals surface area contributed by atoms with Crippen LogP contribution in [0.15, 0.2) is 66.3 Å². The molecule has 2 saturated heterocycles. The first-order chi connectivity index (χ1) is 17.2. The van der Waals surface area contributed by atoms with Gasteiger partial charge in [-0.25, -0.2) is 0 Å². The number of pyridine rings is 1. The number of hydrogen-bond donors (Lipinski definition) is 0. The highest BCUT2D eigenvalue weighted by atomic mass is 32.1. The summed E-state index contributed by atoms with van der Waals surface area (Å²) in [4.78, 5) is 24.7. The van der Waals surface area contributed by atoms with Gasteiger partial charge in [0.1, 0.15) is 5.75 Å². The Balaban J connectivity index is 1.04. The Morgan fingerprint density at radius 3 is 2.40 bits per heavy atom. The highest BCUT2D eigenvalue weighted by molar-refractivity contribution is 7.12. The molecule has 1 atom stereocenters. The summed E-state index contributed by atoms with van der Waals surface area (Å²) in [6.45, 7) is 8.58. The normalized spacial score (nSPS) is 19.5. The van der Waals surface area contributed by atoms with Crippen molar-refractivity contribution in [2.24, 2.45) is 5.92 Å². The van der Waals surface area contributed by atoms with E-state index >= 15 is 0 Å². The van der Waals surface area contributed by atoms with E-state index < -0.39 is 0 Å². The molecule has 0 N–H and O–H groups in total. The molecule has 1 amide bonds. The van der Waals surface area contributed by atoms with Crippen molar-refractivity contribution >= 4 is 17.2 Å². The van der Waals surface area contributed by atoms with Gasteiger partial charge in [-0.05, 0) is 53.6 Å². The van der Waals surface area contributed by atoms with Gasteiger partial charge in [-0.2, -0.15) is 0 Å². The van der Waals surface area contributed by atoms with Gasteiger partial charge in [-0.1, -0.05) is 24.3 Å². The van der Waals surface area contributed by atoms with Gasteiger partial charge in [0, 0.05) is 70.7 Å². The van der Waals surface area contributed by atoms with Crippen LogP contribution >= 0.6 is 11.3 Å². The van der Waals surface area contributed by atoms with E-state index in [1.807, 2.05) is 40.9 Å². The molecule has 3 aromatic rings. The van der Waals surface area contributed by atoms with E-state index in [0.717, 1.165) is 75.8 Å². The van der Waals surface area contributed by atoms with Crippen molar-refractivity contribution in [3.05, 3.63) is 82.3 Å². The molecule has 2 aromatic heterocycles. The maximum Gasteiger partial charge on any atom is 0.263 e. The number of piperazine rings is 1. The minimum Gasteiger partial charge on any atom is -0.493 e. The predicted octanol–water partition coefficient (Wildman–Crippen LogP) is 4.39. The minimum atomic E-state index is 0.159. The number of ether oxygens (including phenoxy) is 1. The first kappa shape index (κ1) is 24.0. The van der Waals surface area contributed by atoms with Crippen molar-refractivity contribution in [2.75, 3.05) is 45.9 Å². The number of nitrogens with zero attached hydrogens (tertiary/aromatic N) is 4. The van der Waals surface area contributed by atoms with Gasteiger partial charge in [0.25, 0.3) is 5.91 Å². The minimum absolute atomic E-state index is 0.159. The molecule has 4 heterocycles. The van der Waals surface area contributed by atoms with Crippen LogP contribution in [0.5, 0.6) is 5.75 Å². The molecule has 35 heavy (non-hydrogen) atoms. The Kier molecular flexibility index (Phi) is 8.08. The molecule has 2 aliphatic rings. The summed E-state index contributed by atoms with van der Waals surface area (Å²) >= 11 is 1.52. The third-order valence-corrected chi connectivity index (χ3v) is 7.81. The fraction of sp³-hybridized carbons (Fsp3) is 0.429. The fourth-order valence-corrected chi connectivity index (χ4v) is 5.65. The predicted molar refractivity (Wildman–Crippen MR) is 140 cm³/mol. The van der Waals surface area contributed by atoms with Crippen LogP contribution in [-0.4, -0.2) is 71.5 Å². The molecule has 0 unspecified atom stereocenters. The van der Waals surface area contributed by atoms with Crippen LogP contribution in [0.4, 0.5) is 0 Å². The molecule has 5 rings (SSSR count). The summed E-state index contributed by atoms with van der Waals surface area (Å²) in [5.41, 5.74) is 2.61. The van der Waals surface area contributed by atoms with Crippen molar-refractivity contribution in [3.8, 4) is 5.75 Å². The maximum absolute atomic E-state index is 12.7. The molecule has 0 saturated carbocycles. The van der Waals surface area contributed by atoms with E-state index in [9.17, 15) is 4.79 Å². The zero-order valence-corrected chi connectivity index (χ0v) is 21.0. The number of benzene rings is 1. The van der Waals surface area contributed by atoms with E-state index in [1.165, 1.54) is 22.5 Å². The van der Waals surface area contributed by atoms with E-state index in [-0.39, 0.29) is 5.91 Å². The second-order valence-electron chi connectivity index (χ2n) is 9.61. The largest absolute Gasteiger partial charge is 0.493 e. The first-order valence-electron chi connectivity index (χ1n) is 12.6. The number of rotatable bonds is 8. The fourth-order valence-electron chi connectivity index (χ4n) is 4.96. The van der Waals surface area contributed by atoms with Gasteiger partial charge in [0.05, 0.1) is 11.5 Å². The molecule has 0 spiro atoms. The Hall–Kier alpha value is -2.74. The van der Waals surface area contributed by atoms with Crippen LogP contribution in [0.1, 0.15) is 33.6 Å². The van der Waals surface area contributed by atoms with Crippen LogP contribution in [0.25, 0.3) is 0 Å². The molecular weight excluding hydrogens is 456 g/mol. The Bertz CT molecular complexity index is 1050. The molecule has 0 radical (unpaired) electrons. The number of amides is 1. The number of hydrogen-bond acceptors (Lipinski definition) is 6. The Labute approximate surface area is 212 Å². The number of likely N-dealkylation sites (tertiary alicyclic amines) is 1. The van der Waals surface area contributed by atoms with E-state index in [4.69, 9.17) is 4.74 Å². The van der Waals surface area contributed by atoms with Crippen LogP contribution in [-0.2, 0) is 13.1 Å². The van der Waals surface area contributed by atoms with Gasteiger partial charge in [0.15, 0.2) is 0 Å². The summed E-state index contributed by atoms with van der Waals surface area (Å²) in [6.07, 6.45) is 5.94. The highest BCUT2D eigenvalue weighted by Crippen LogP contribution is 2.22. The molecule has 6 nitrogen and oxygen atoms in total. The van der Waals surface area contributed by atoms with Gasteiger partial charge in [0.2, 0.25) is 0 Å². The standard InChI is InChI=1S/C28H34N4O2S/c33-28(27-6-3-17-35-27)32-12-2-5-25(21-32)22-34-26-9-7-23(8-10-26)19-30-13-15-31(16-14-30)20-24-4-1-11-29-18-24/h1,3-4,6-11,17-18,25H,2,5,12-16,19-22H2/t25-/m0/s1. The van der Waals surface area contributed by atoms with Crippen molar-refractivity contribution in [3.63, 3.8) is 0 Å². The average molecular weight is 491 g/mol. The quantitative estimate of drug-likeness (QED) is 0.469. The van der Waals surface area contributed by atoms with Gasteiger partial charge < -0.3 is 9.64 Å². The lowest BCUT2D eigenvalue weighted by Crippen LogP contribution is -2.45. The zero-order chi connectivity index (χ0) is 23.9. The number of carbonyl (C=O) groups is 1. The van der Waals surface area contributed by atoms with Crippen molar-refractivity contribution in [1.82, 2.24) is 19.7 Å². The van der Waals surface area contributed by atoms with Crippen molar-refractivity contribution in [1.29, 1.82) is 0 Å². The third-order valence-electron chi connectivity index (χ3n) is 6.95. The third kappa shape index (κ3) is 6.69. The van der Waals surface area contributed by atoms with Crippen molar-refractivity contribution in [2.45, 2.75) is 25.9 Å². The van der Waals surface area contributed by atoms with Crippen LogP contribution in [0, 0.1) is 5.92 Å². The lowest BCUT2D eigenvalue weighted by molar-refractivity contribution is 0.0638. The zero-order valence-electron chi connectivity index (χ0n) is 20.2. The van der Waals surface area contributed by atoms with E-state index in [0.29, 0.717) is 12.5 Å². The summed E-state index contributed by atoms with van der Waals surface area (Å²) in [7, 11) is 0. The number of piperidine rings is 1. The lowest BCUT2D eigenvalue weighted by Gasteiger charge is -2.34. The van der Waals surface area contributed by atoms with Crippen LogP contribution in [0.2, 0.25) is 0 Å². The Morgan fingerprint density at radius 1 is 0.943 bits per heavy atom. The highest BCUT2D eigenvalue weighted by Gasteiger charge is 2.25. The molecule has 184 valence electrons. The smallest absolute Gasteiger partial charge is 0.263 e. The molecule has 2 fully saturated rings. The van der Waals surface area contributed by atoms with E-state index in [1.54, 1.807) is 0 Å². The number of aromatic nitrogens is 1. The first-order valence-corrected chi connectivity index (χ1v) is 13.5. The van der Waals surface area contributed by atoms with E-state index in [2.05, 4.69) is 45.1 Å². The second kappa shape index (κ2) is 11.8. The summed E-state index contributed by atoms with van der Waals surface area (Å²) < 4.78 is 6.12. The van der Waals surface area contributed by atoms with Gasteiger partial charge in [-0.3, -0.25) is 19.6 Å². The van der Waals surface area contributed by atoms with Crippen molar-refractivity contribution < 1.29 is 9.53 Å². The second-order valence-corrected chi connectivity index (χ2v) is 10.6. The molecule has 0 aliphatic carbocycles. The molecular formula is C28H34N4O2S.